The van der Waals surface area contributed by atoms with Crippen molar-refractivity contribution in [3.63, 3.8) is 0 Å². The van der Waals surface area contributed by atoms with E-state index in [4.69, 9.17) is 10.00 Å². The molecule has 1 unspecified atom stereocenters. The van der Waals surface area contributed by atoms with Crippen LogP contribution in [0, 0.1) is 17.2 Å². The maximum Gasteiger partial charge on any atom is 0.316 e. The fraction of sp³-hybridized carbons (Fsp3) is 0.357. The third kappa shape index (κ3) is 3.70. The normalized spacial score (nSPS) is 11.4. The van der Waals surface area contributed by atoms with Crippen LogP contribution in [0.25, 0.3) is 0 Å². The summed E-state index contributed by atoms with van der Waals surface area (Å²) in [6.45, 7) is 3.32. The Balaban J connectivity index is 2.87. The molecule has 4 heteroatoms. The summed E-state index contributed by atoms with van der Waals surface area (Å²) in [6, 6.07) is 8.90. The molecular formula is C14H15NO3. The van der Waals surface area contributed by atoms with Crippen LogP contribution in [0.2, 0.25) is 0 Å². The zero-order valence-electron chi connectivity index (χ0n) is 10.5. The van der Waals surface area contributed by atoms with Crippen LogP contribution in [-0.4, -0.2) is 18.4 Å². The second-order valence-corrected chi connectivity index (χ2v) is 3.93. The first-order valence-electron chi connectivity index (χ1n) is 5.74. The van der Waals surface area contributed by atoms with Crippen molar-refractivity contribution in [1.29, 1.82) is 5.26 Å². The van der Waals surface area contributed by atoms with E-state index in [9.17, 15) is 9.59 Å². The highest BCUT2D eigenvalue weighted by molar-refractivity contribution is 5.98. The van der Waals surface area contributed by atoms with E-state index < -0.39 is 11.9 Å². The summed E-state index contributed by atoms with van der Waals surface area (Å²) in [5, 5.41) is 8.79. The minimum atomic E-state index is -0.793. The third-order valence-electron chi connectivity index (χ3n) is 2.56. The number of esters is 1. The molecule has 0 fully saturated rings. The minimum absolute atomic E-state index is 0.226. The number of ketones is 1. The molecule has 1 atom stereocenters. The summed E-state index contributed by atoms with van der Waals surface area (Å²) in [6.07, 6.45) is 0.268. The van der Waals surface area contributed by atoms with Gasteiger partial charge < -0.3 is 4.74 Å². The van der Waals surface area contributed by atoms with Gasteiger partial charge in [-0.1, -0.05) is 12.1 Å². The number of benzene rings is 1. The van der Waals surface area contributed by atoms with Crippen molar-refractivity contribution in [2.24, 2.45) is 5.92 Å². The lowest BCUT2D eigenvalue weighted by molar-refractivity contribution is -0.151. The van der Waals surface area contributed by atoms with E-state index in [0.29, 0.717) is 5.56 Å². The third-order valence-corrected chi connectivity index (χ3v) is 2.56. The summed E-state index contributed by atoms with van der Waals surface area (Å²) < 4.78 is 4.87. The van der Waals surface area contributed by atoms with Crippen molar-refractivity contribution < 1.29 is 14.3 Å². The van der Waals surface area contributed by atoms with E-state index in [1.54, 1.807) is 31.2 Å². The van der Waals surface area contributed by atoms with Gasteiger partial charge in [0.25, 0.3) is 0 Å². The molecule has 18 heavy (non-hydrogen) atoms. The van der Waals surface area contributed by atoms with Crippen molar-refractivity contribution >= 4 is 11.8 Å². The zero-order chi connectivity index (χ0) is 13.5. The fourth-order valence-corrected chi connectivity index (χ4v) is 1.64. The molecule has 0 aromatic heterocycles. The Morgan fingerprint density at radius 3 is 2.72 bits per heavy atom. The number of ether oxygens (including phenoxy) is 1. The fourth-order valence-electron chi connectivity index (χ4n) is 1.64. The summed E-state index contributed by atoms with van der Waals surface area (Å²) in [5.41, 5.74) is 1.29. The zero-order valence-corrected chi connectivity index (χ0v) is 10.5. The van der Waals surface area contributed by atoms with Gasteiger partial charge in [-0.3, -0.25) is 9.59 Å². The summed E-state index contributed by atoms with van der Waals surface area (Å²) >= 11 is 0. The maximum absolute atomic E-state index is 11.6. The average Bonchev–Trinajstić information content (AvgIpc) is 2.36. The standard InChI is InChI=1S/C14H15NO3/c1-3-18-14(17)13(10(2)16)8-11-5-4-6-12(7-11)9-15/h4-7,13H,3,8H2,1-2H3. The second-order valence-electron chi connectivity index (χ2n) is 3.93. The molecule has 0 spiro atoms. The molecular weight excluding hydrogens is 230 g/mol. The first kappa shape index (κ1) is 13.9. The van der Waals surface area contributed by atoms with E-state index in [-0.39, 0.29) is 18.8 Å². The second kappa shape index (κ2) is 6.55. The Labute approximate surface area is 106 Å². The van der Waals surface area contributed by atoms with Crippen molar-refractivity contribution in [3.05, 3.63) is 35.4 Å². The molecule has 4 nitrogen and oxygen atoms in total. The highest BCUT2D eigenvalue weighted by atomic mass is 16.5. The van der Waals surface area contributed by atoms with Crippen LogP contribution in [0.15, 0.2) is 24.3 Å². The maximum atomic E-state index is 11.6. The first-order chi connectivity index (χ1) is 8.58. The van der Waals surface area contributed by atoms with Gasteiger partial charge in [0.05, 0.1) is 18.2 Å². The highest BCUT2D eigenvalue weighted by Gasteiger charge is 2.24. The van der Waals surface area contributed by atoms with E-state index in [1.807, 2.05) is 6.07 Å². The van der Waals surface area contributed by atoms with Crippen molar-refractivity contribution in [2.45, 2.75) is 20.3 Å². The number of hydrogen-bond donors (Lipinski definition) is 0. The quantitative estimate of drug-likeness (QED) is 0.586. The van der Waals surface area contributed by atoms with Gasteiger partial charge in [-0.25, -0.2) is 0 Å². The molecule has 0 aliphatic carbocycles. The van der Waals surface area contributed by atoms with Crippen LogP contribution in [0.4, 0.5) is 0 Å². The van der Waals surface area contributed by atoms with Gasteiger partial charge in [0.2, 0.25) is 0 Å². The van der Waals surface area contributed by atoms with Crippen LogP contribution in [-0.2, 0) is 20.7 Å². The molecule has 0 amide bonds. The van der Waals surface area contributed by atoms with Crippen molar-refractivity contribution in [1.82, 2.24) is 0 Å². The van der Waals surface area contributed by atoms with Crippen LogP contribution >= 0.6 is 0 Å². The Morgan fingerprint density at radius 1 is 1.44 bits per heavy atom. The number of rotatable bonds is 5. The Bertz CT molecular complexity index is 488. The lowest BCUT2D eigenvalue weighted by atomic mass is 9.95. The van der Waals surface area contributed by atoms with Gasteiger partial charge in [0.1, 0.15) is 11.7 Å². The topological polar surface area (TPSA) is 67.2 Å². The van der Waals surface area contributed by atoms with Crippen molar-refractivity contribution in [3.8, 4) is 6.07 Å². The first-order valence-corrected chi connectivity index (χ1v) is 5.74. The average molecular weight is 245 g/mol. The predicted molar refractivity (Wildman–Crippen MR) is 65.7 cm³/mol. The smallest absolute Gasteiger partial charge is 0.316 e. The molecule has 0 radical (unpaired) electrons. The van der Waals surface area contributed by atoms with Gasteiger partial charge in [0, 0.05) is 0 Å². The molecule has 0 heterocycles. The monoisotopic (exact) mass is 245 g/mol. The molecule has 1 aromatic carbocycles. The van der Waals surface area contributed by atoms with Gasteiger partial charge >= 0.3 is 5.97 Å². The molecule has 0 saturated carbocycles. The Morgan fingerprint density at radius 2 is 2.17 bits per heavy atom. The SMILES string of the molecule is CCOC(=O)C(Cc1cccc(C#N)c1)C(C)=O. The molecule has 0 aliphatic rings. The number of hydrogen-bond acceptors (Lipinski definition) is 4. The van der Waals surface area contributed by atoms with E-state index in [2.05, 4.69) is 0 Å². The lowest BCUT2D eigenvalue weighted by Crippen LogP contribution is -2.26. The molecule has 1 rings (SSSR count). The Hall–Kier alpha value is -2.15. The molecule has 0 bridgehead atoms. The molecule has 0 saturated heterocycles. The molecule has 0 N–H and O–H groups in total. The van der Waals surface area contributed by atoms with Crippen molar-refractivity contribution in [2.75, 3.05) is 6.61 Å². The molecule has 0 aliphatic heterocycles. The predicted octanol–water partition coefficient (Wildman–Crippen LogP) is 1.87. The van der Waals surface area contributed by atoms with Gasteiger partial charge in [-0.2, -0.15) is 5.26 Å². The minimum Gasteiger partial charge on any atom is -0.465 e. The number of Topliss-reactive ketones (excluding diaryl/α,β-unsaturated/α-hetero) is 1. The van der Waals surface area contributed by atoms with Gasteiger partial charge in [-0.15, -0.1) is 0 Å². The molecule has 1 aromatic rings. The summed E-state index contributed by atoms with van der Waals surface area (Å²) in [5.74, 6) is -1.53. The van der Waals surface area contributed by atoms with Crippen LogP contribution in [0.5, 0.6) is 0 Å². The largest absolute Gasteiger partial charge is 0.465 e. The number of nitriles is 1. The Kier molecular flexibility index (Phi) is 5.06. The van der Waals surface area contributed by atoms with Crippen LogP contribution in [0.1, 0.15) is 25.0 Å². The van der Waals surface area contributed by atoms with E-state index in [0.717, 1.165) is 5.56 Å². The van der Waals surface area contributed by atoms with E-state index in [1.165, 1.54) is 6.92 Å². The number of nitrogens with zero attached hydrogens (tertiary/aromatic N) is 1. The number of carbonyl (C=O) groups is 2. The number of carbonyl (C=O) groups excluding carboxylic acids is 2. The molecule has 94 valence electrons. The van der Waals surface area contributed by atoms with Gasteiger partial charge in [0.15, 0.2) is 0 Å². The lowest BCUT2D eigenvalue weighted by Gasteiger charge is -2.12. The highest BCUT2D eigenvalue weighted by Crippen LogP contribution is 2.13. The van der Waals surface area contributed by atoms with E-state index >= 15 is 0 Å². The summed E-state index contributed by atoms with van der Waals surface area (Å²) in [4.78, 5) is 23.1. The summed E-state index contributed by atoms with van der Waals surface area (Å²) in [7, 11) is 0. The van der Waals surface area contributed by atoms with Crippen LogP contribution < -0.4 is 0 Å². The van der Waals surface area contributed by atoms with Crippen LogP contribution in [0.3, 0.4) is 0 Å². The van der Waals surface area contributed by atoms with Gasteiger partial charge in [-0.05, 0) is 38.0 Å².